The topological polar surface area (TPSA) is 119 Å². The van der Waals surface area contributed by atoms with Crippen LogP contribution in [0.3, 0.4) is 0 Å². The van der Waals surface area contributed by atoms with Gasteiger partial charge in [-0.05, 0) is 24.1 Å². The number of Topliss-reactive ketones (excluding diaryl/α,β-unsaturated/α-hetero) is 1. The SMILES string of the molecule is O=C1C(=O)N(CCCn2ccnc2)[C@H](c2ccc([N+](=O)[O-])cc2)C1=C(O)c1ccccc1. The van der Waals surface area contributed by atoms with Crippen molar-refractivity contribution in [3.05, 3.63) is 100 Å². The molecule has 1 atom stereocenters. The zero-order chi connectivity index (χ0) is 22.7. The number of rotatable bonds is 7. The minimum absolute atomic E-state index is 0.0299. The van der Waals surface area contributed by atoms with E-state index in [2.05, 4.69) is 4.98 Å². The second-order valence-corrected chi connectivity index (χ2v) is 7.36. The molecule has 0 radical (unpaired) electrons. The van der Waals surface area contributed by atoms with Crippen LogP contribution >= 0.6 is 0 Å². The van der Waals surface area contributed by atoms with Gasteiger partial charge in [0.15, 0.2) is 0 Å². The van der Waals surface area contributed by atoms with Crippen molar-refractivity contribution < 1.29 is 19.6 Å². The zero-order valence-corrected chi connectivity index (χ0v) is 17.0. The van der Waals surface area contributed by atoms with E-state index in [4.69, 9.17) is 0 Å². The van der Waals surface area contributed by atoms with E-state index in [9.17, 15) is 24.8 Å². The van der Waals surface area contributed by atoms with E-state index >= 15 is 0 Å². The maximum absolute atomic E-state index is 12.9. The van der Waals surface area contributed by atoms with Crippen molar-refractivity contribution >= 4 is 23.1 Å². The molecular formula is C23H20N4O5. The molecule has 4 rings (SSSR count). The summed E-state index contributed by atoms with van der Waals surface area (Å²) >= 11 is 0. The minimum Gasteiger partial charge on any atom is -0.507 e. The van der Waals surface area contributed by atoms with Gasteiger partial charge < -0.3 is 14.6 Å². The van der Waals surface area contributed by atoms with Crippen molar-refractivity contribution in [1.82, 2.24) is 14.5 Å². The number of hydrogen-bond acceptors (Lipinski definition) is 6. The Kier molecular flexibility index (Phi) is 5.80. The highest BCUT2D eigenvalue weighted by Crippen LogP contribution is 2.39. The second-order valence-electron chi connectivity index (χ2n) is 7.36. The van der Waals surface area contributed by atoms with E-state index in [0.29, 0.717) is 24.1 Å². The van der Waals surface area contributed by atoms with Crippen LogP contribution < -0.4 is 0 Å². The number of carbonyl (C=O) groups is 2. The molecule has 2 heterocycles. The molecule has 0 saturated carbocycles. The number of likely N-dealkylation sites (tertiary alicyclic amines) is 1. The first kappa shape index (κ1) is 21.0. The summed E-state index contributed by atoms with van der Waals surface area (Å²) in [6.45, 7) is 0.852. The van der Waals surface area contributed by atoms with Gasteiger partial charge in [0, 0.05) is 43.2 Å². The highest BCUT2D eigenvalue weighted by atomic mass is 16.6. The van der Waals surface area contributed by atoms with E-state index < -0.39 is 22.7 Å². The van der Waals surface area contributed by atoms with Gasteiger partial charge in [0.2, 0.25) is 0 Å². The third-order valence-corrected chi connectivity index (χ3v) is 5.38. The van der Waals surface area contributed by atoms with E-state index in [-0.39, 0.29) is 23.6 Å². The van der Waals surface area contributed by atoms with E-state index in [1.165, 1.54) is 29.2 Å². The number of aromatic nitrogens is 2. The number of carbonyl (C=O) groups excluding carboxylic acids is 2. The Hall–Kier alpha value is -4.27. The van der Waals surface area contributed by atoms with Gasteiger partial charge in [-0.2, -0.15) is 0 Å². The maximum atomic E-state index is 12.9. The van der Waals surface area contributed by atoms with Crippen LogP contribution in [-0.2, 0) is 16.1 Å². The molecule has 1 aliphatic rings. The molecule has 9 heteroatoms. The smallest absolute Gasteiger partial charge is 0.295 e. The molecular weight excluding hydrogens is 412 g/mol. The Balaban J connectivity index is 1.73. The molecule has 0 bridgehead atoms. The van der Waals surface area contributed by atoms with Gasteiger partial charge in [-0.3, -0.25) is 19.7 Å². The number of ketones is 1. The Bertz CT molecular complexity index is 1170. The number of aliphatic hydroxyl groups excluding tert-OH is 1. The molecule has 2 aromatic carbocycles. The summed E-state index contributed by atoms with van der Waals surface area (Å²) in [6, 6.07) is 13.3. The number of nitro benzene ring substituents is 1. The molecule has 1 aromatic heterocycles. The van der Waals surface area contributed by atoms with E-state index in [1.54, 1.807) is 49.1 Å². The van der Waals surface area contributed by atoms with Crippen LogP contribution in [0.1, 0.15) is 23.6 Å². The van der Waals surface area contributed by atoms with Gasteiger partial charge in [0.1, 0.15) is 5.76 Å². The third-order valence-electron chi connectivity index (χ3n) is 5.38. The second kappa shape index (κ2) is 8.84. The summed E-state index contributed by atoms with van der Waals surface area (Å²) < 4.78 is 1.86. The fourth-order valence-electron chi connectivity index (χ4n) is 3.83. The molecule has 1 fully saturated rings. The number of nitro groups is 1. The Morgan fingerprint density at radius 3 is 2.41 bits per heavy atom. The molecule has 1 amide bonds. The number of imidazole rings is 1. The van der Waals surface area contributed by atoms with Crippen molar-refractivity contribution in [2.24, 2.45) is 0 Å². The van der Waals surface area contributed by atoms with Crippen molar-refractivity contribution in [3.63, 3.8) is 0 Å². The van der Waals surface area contributed by atoms with E-state index in [1.807, 2.05) is 4.57 Å². The third kappa shape index (κ3) is 4.00. The van der Waals surface area contributed by atoms with Crippen LogP contribution in [0.25, 0.3) is 5.76 Å². The van der Waals surface area contributed by atoms with Gasteiger partial charge in [-0.15, -0.1) is 0 Å². The lowest BCUT2D eigenvalue weighted by Crippen LogP contribution is -2.31. The van der Waals surface area contributed by atoms with Crippen molar-refractivity contribution in [1.29, 1.82) is 0 Å². The first-order valence-electron chi connectivity index (χ1n) is 10.0. The number of nitrogens with zero attached hydrogens (tertiary/aromatic N) is 4. The average molecular weight is 432 g/mol. The van der Waals surface area contributed by atoms with Crippen LogP contribution in [0.5, 0.6) is 0 Å². The Morgan fingerprint density at radius 1 is 1.06 bits per heavy atom. The highest BCUT2D eigenvalue weighted by Gasteiger charge is 2.45. The predicted molar refractivity (Wildman–Crippen MR) is 115 cm³/mol. The molecule has 1 N–H and O–H groups in total. The summed E-state index contributed by atoms with van der Waals surface area (Å²) in [5.74, 6) is -1.77. The molecule has 1 saturated heterocycles. The largest absolute Gasteiger partial charge is 0.507 e. The van der Waals surface area contributed by atoms with Crippen molar-refractivity contribution in [2.75, 3.05) is 6.54 Å². The normalized spacial score (nSPS) is 17.6. The molecule has 162 valence electrons. The van der Waals surface area contributed by atoms with Crippen LogP contribution in [0.4, 0.5) is 5.69 Å². The zero-order valence-electron chi connectivity index (χ0n) is 17.0. The van der Waals surface area contributed by atoms with Gasteiger partial charge in [0.25, 0.3) is 17.4 Å². The van der Waals surface area contributed by atoms with Crippen molar-refractivity contribution in [3.8, 4) is 0 Å². The maximum Gasteiger partial charge on any atom is 0.295 e. The first-order valence-corrected chi connectivity index (χ1v) is 10.0. The highest BCUT2D eigenvalue weighted by molar-refractivity contribution is 6.46. The summed E-state index contributed by atoms with van der Waals surface area (Å²) in [7, 11) is 0. The molecule has 3 aromatic rings. The number of non-ortho nitro benzene ring substituents is 1. The van der Waals surface area contributed by atoms with Gasteiger partial charge in [-0.25, -0.2) is 4.98 Å². The van der Waals surface area contributed by atoms with E-state index in [0.717, 1.165) is 0 Å². The number of hydrogen-bond donors (Lipinski definition) is 1. The lowest BCUT2D eigenvalue weighted by Gasteiger charge is -2.25. The molecule has 9 nitrogen and oxygen atoms in total. The summed E-state index contributed by atoms with van der Waals surface area (Å²) in [4.78, 5) is 41.8. The van der Waals surface area contributed by atoms with Gasteiger partial charge >= 0.3 is 0 Å². The summed E-state index contributed by atoms with van der Waals surface area (Å²) in [5.41, 5.74) is 0.789. The predicted octanol–water partition coefficient (Wildman–Crippen LogP) is 3.30. The molecule has 0 spiro atoms. The monoisotopic (exact) mass is 432 g/mol. The molecule has 0 unspecified atom stereocenters. The number of aliphatic hydroxyl groups is 1. The Morgan fingerprint density at radius 2 is 1.78 bits per heavy atom. The van der Waals surface area contributed by atoms with Crippen LogP contribution in [0.15, 0.2) is 78.9 Å². The van der Waals surface area contributed by atoms with Gasteiger partial charge in [0.05, 0.1) is 22.9 Å². The standard InChI is InChI=1S/C23H20N4O5/c28-21(17-5-2-1-3-6-17)19-20(16-7-9-18(10-8-16)27(31)32)26(23(30)22(19)29)13-4-12-25-14-11-24-15-25/h1-3,5-11,14-15,20,28H,4,12-13H2/t20-/m1/s1. The fraction of sp³-hybridized carbons (Fsp3) is 0.174. The molecule has 1 aliphatic heterocycles. The van der Waals surface area contributed by atoms with Crippen LogP contribution in [0, 0.1) is 10.1 Å². The fourth-order valence-corrected chi connectivity index (χ4v) is 3.83. The van der Waals surface area contributed by atoms with Gasteiger partial charge in [-0.1, -0.05) is 30.3 Å². The minimum atomic E-state index is -0.848. The summed E-state index contributed by atoms with van der Waals surface area (Å²) in [5, 5.41) is 22.0. The number of aryl methyl sites for hydroxylation is 1. The number of amides is 1. The summed E-state index contributed by atoms with van der Waals surface area (Å²) in [6.07, 6.45) is 5.68. The molecule has 32 heavy (non-hydrogen) atoms. The number of benzene rings is 2. The quantitative estimate of drug-likeness (QED) is 0.201. The molecule has 0 aliphatic carbocycles. The average Bonchev–Trinajstić information content (AvgIpc) is 3.41. The lowest BCUT2D eigenvalue weighted by atomic mass is 9.95. The van der Waals surface area contributed by atoms with Crippen molar-refractivity contribution in [2.45, 2.75) is 19.0 Å². The first-order chi connectivity index (χ1) is 15.5. The van der Waals surface area contributed by atoms with Crippen LogP contribution in [0.2, 0.25) is 0 Å². The Labute approximate surface area is 183 Å². The van der Waals surface area contributed by atoms with Crippen LogP contribution in [-0.4, -0.2) is 42.7 Å². The lowest BCUT2D eigenvalue weighted by molar-refractivity contribution is -0.384.